The third-order valence-electron chi connectivity index (χ3n) is 12.0. The summed E-state index contributed by atoms with van der Waals surface area (Å²) < 4.78 is 41.3. The highest BCUT2D eigenvalue weighted by Crippen LogP contribution is 2.30. The quantitative estimate of drug-likeness (QED) is 0.0606. The first-order valence-electron chi connectivity index (χ1n) is 26.6. The number of nitro benzene ring substituents is 1. The van der Waals surface area contributed by atoms with Crippen molar-refractivity contribution in [1.82, 2.24) is 29.8 Å². The van der Waals surface area contributed by atoms with Crippen LogP contribution in [0, 0.1) is 10.1 Å². The van der Waals surface area contributed by atoms with Gasteiger partial charge in [-0.15, -0.1) is 0 Å². The van der Waals surface area contributed by atoms with Crippen LogP contribution in [0.5, 0.6) is 28.7 Å². The molecular weight excluding hydrogens is 1170 g/mol. The predicted molar refractivity (Wildman–Crippen MR) is 316 cm³/mol. The number of nitrogens with one attached hydrogen (secondary N) is 1. The van der Waals surface area contributed by atoms with Gasteiger partial charge in [-0.05, 0) is 201 Å². The molecule has 4 heterocycles. The number of aromatic nitrogens is 4. The summed E-state index contributed by atoms with van der Waals surface area (Å²) >= 11 is 24.3. The molecule has 9 rings (SSSR count). The smallest absolute Gasteiger partial charge is 0.440 e. The molecule has 24 heteroatoms. The first-order chi connectivity index (χ1) is 39.9. The van der Waals surface area contributed by atoms with Crippen LogP contribution >= 0.6 is 46.4 Å². The van der Waals surface area contributed by atoms with E-state index in [-0.39, 0.29) is 35.0 Å². The van der Waals surface area contributed by atoms with E-state index in [1.807, 2.05) is 36.4 Å². The molecule has 1 amide bonds. The Morgan fingerprint density at radius 3 is 1.44 bits per heavy atom. The van der Waals surface area contributed by atoms with Crippen molar-refractivity contribution in [2.75, 3.05) is 26.2 Å². The summed E-state index contributed by atoms with van der Waals surface area (Å²) in [6.07, 6.45) is 5.65. The topological polar surface area (TPSA) is 227 Å². The maximum absolute atomic E-state index is 12.8. The van der Waals surface area contributed by atoms with Crippen molar-refractivity contribution < 1.29 is 57.3 Å². The molecule has 2 aliphatic heterocycles. The van der Waals surface area contributed by atoms with Gasteiger partial charge in [-0.2, -0.15) is 19.6 Å². The van der Waals surface area contributed by atoms with Gasteiger partial charge in [0.2, 0.25) is 0 Å². The molecular formula is C60H63Cl4N7O13. The molecule has 0 unspecified atom stereocenters. The van der Waals surface area contributed by atoms with Crippen molar-refractivity contribution in [1.29, 1.82) is 0 Å². The number of carbonyl (C=O) groups excluding carboxylic acids is 4. The molecule has 0 saturated carbocycles. The van der Waals surface area contributed by atoms with E-state index in [9.17, 15) is 29.3 Å². The van der Waals surface area contributed by atoms with Crippen LogP contribution in [0.2, 0.25) is 20.1 Å². The van der Waals surface area contributed by atoms with Crippen LogP contribution in [-0.4, -0.2) is 103 Å². The number of hydrogen-bond donors (Lipinski definition) is 1. The molecule has 2 aromatic heterocycles. The van der Waals surface area contributed by atoms with Gasteiger partial charge in [-0.3, -0.25) is 10.1 Å². The van der Waals surface area contributed by atoms with Crippen molar-refractivity contribution in [3.05, 3.63) is 186 Å². The molecule has 2 fully saturated rings. The lowest BCUT2D eigenvalue weighted by molar-refractivity contribution is -0.384. The minimum atomic E-state index is -0.862. The zero-order valence-electron chi connectivity index (χ0n) is 46.9. The minimum absolute atomic E-state index is 0.00129. The summed E-state index contributed by atoms with van der Waals surface area (Å²) in [5.41, 5.74) is 0.527. The van der Waals surface area contributed by atoms with Gasteiger partial charge in [0.1, 0.15) is 39.9 Å². The summed E-state index contributed by atoms with van der Waals surface area (Å²) in [5, 5.41) is 24.3. The monoisotopic (exact) mass is 1230 g/mol. The fraction of sp³-hybridized carbons (Fsp3) is 0.333. The summed E-state index contributed by atoms with van der Waals surface area (Å²) in [7, 11) is 0. The van der Waals surface area contributed by atoms with E-state index in [2.05, 4.69) is 15.5 Å². The lowest BCUT2D eigenvalue weighted by Gasteiger charge is -2.31. The average Bonchev–Trinajstić information content (AvgIpc) is 4.37. The van der Waals surface area contributed by atoms with Gasteiger partial charge < -0.3 is 43.4 Å². The van der Waals surface area contributed by atoms with E-state index in [0.717, 1.165) is 47.5 Å². The zero-order chi connectivity index (χ0) is 60.6. The summed E-state index contributed by atoms with van der Waals surface area (Å²) in [4.78, 5) is 60.5. The molecule has 2 aliphatic rings. The molecule has 444 valence electrons. The number of piperidine rings is 2. The van der Waals surface area contributed by atoms with Crippen LogP contribution < -0.4 is 19.5 Å². The van der Waals surface area contributed by atoms with Gasteiger partial charge in [0.25, 0.3) is 5.69 Å². The third kappa shape index (κ3) is 20.9. The van der Waals surface area contributed by atoms with Gasteiger partial charge in [-0.25, -0.2) is 19.2 Å². The number of rotatable bonds is 14. The van der Waals surface area contributed by atoms with Gasteiger partial charge in [-0.1, -0.05) is 46.4 Å². The van der Waals surface area contributed by atoms with Gasteiger partial charge >= 0.3 is 24.1 Å². The molecule has 84 heavy (non-hydrogen) atoms. The first-order valence-corrected chi connectivity index (χ1v) is 28.1. The highest BCUT2D eigenvalue weighted by molar-refractivity contribution is 6.31. The molecule has 5 aromatic carbocycles. The maximum Gasteiger partial charge on any atom is 0.440 e. The number of halogens is 4. The minimum Gasteiger partial charge on any atom is -0.457 e. The van der Waals surface area contributed by atoms with Gasteiger partial charge in [0.05, 0.1) is 30.3 Å². The highest BCUT2D eigenvalue weighted by atomic mass is 35.5. The third-order valence-corrected chi connectivity index (χ3v) is 12.9. The van der Waals surface area contributed by atoms with E-state index in [1.165, 1.54) is 53.5 Å². The molecule has 0 bridgehead atoms. The standard InChI is InChI=1S/C27H29Cl2N3O5.C18H19Cl2NO2.C15H15N3O6/c1-27(2,3)37-25(33)24-10-13-32(30-24)26(34)31-11-8-21(9-12-31)35-17-18-14-20(29)16-23(15-18)36-22-6-4-19(28)5-7-22;19-14-1-3-17(4-2-14)23-18-10-13(9-15(20)11-18)12-22-16-5-7-21-8-6-16;1-15(2,3)24-13(19)12-8-9-17(16-12)14(20)23-11-6-4-10(5-7-11)18(21)22/h4-7,10,13-16,21H,8-9,11-12,17H2,1-3H3;1-4,9-11,16,21H,5-8,12H2;4-9H,1-3H3. The van der Waals surface area contributed by atoms with Crippen molar-refractivity contribution in [2.45, 2.75) is 104 Å². The van der Waals surface area contributed by atoms with E-state index < -0.39 is 34.2 Å². The van der Waals surface area contributed by atoms with Crippen LogP contribution in [0.25, 0.3) is 0 Å². The Kier molecular flexibility index (Phi) is 22.7. The van der Waals surface area contributed by atoms with Crippen LogP contribution in [-0.2, 0) is 32.2 Å². The Labute approximate surface area is 505 Å². The number of nitrogens with zero attached hydrogens (tertiary/aromatic N) is 6. The molecule has 20 nitrogen and oxygen atoms in total. The lowest BCUT2D eigenvalue weighted by atomic mass is 10.1. The number of carbonyl (C=O) groups is 4. The van der Waals surface area contributed by atoms with Crippen molar-refractivity contribution in [3.63, 3.8) is 0 Å². The average molecular weight is 1230 g/mol. The lowest BCUT2D eigenvalue weighted by Crippen LogP contribution is -2.43. The molecule has 0 spiro atoms. The number of hydrogen-bond acceptors (Lipinski definition) is 16. The highest BCUT2D eigenvalue weighted by Gasteiger charge is 2.27. The first kappa shape index (κ1) is 64.0. The maximum atomic E-state index is 12.8. The van der Waals surface area contributed by atoms with Crippen molar-refractivity contribution >= 4 is 76.2 Å². The van der Waals surface area contributed by atoms with Crippen LogP contribution in [0.1, 0.15) is 99.3 Å². The number of likely N-dealkylation sites (tertiary alicyclic amines) is 1. The van der Waals surface area contributed by atoms with E-state index in [0.29, 0.717) is 82.6 Å². The van der Waals surface area contributed by atoms with E-state index in [4.69, 9.17) is 79.6 Å². The van der Waals surface area contributed by atoms with E-state index >= 15 is 0 Å². The Hall–Kier alpha value is -7.56. The number of non-ortho nitro benzene ring substituents is 1. The SMILES string of the molecule is CC(C)(C)OC(=O)c1ccn(C(=O)N2CCC(OCc3cc(Cl)cc(Oc4ccc(Cl)cc4)c3)CC2)n1.CC(C)(C)OC(=O)c1ccn(C(=O)Oc2ccc([N+](=O)[O-])cc2)n1.Clc1ccc(Oc2cc(Cl)cc(COC3CCNCC3)c2)cc1. The van der Waals surface area contributed by atoms with Gasteiger partial charge in [0.15, 0.2) is 11.4 Å². The molecule has 2 saturated heterocycles. The van der Waals surface area contributed by atoms with Gasteiger partial charge in [0, 0.05) is 57.7 Å². The largest absolute Gasteiger partial charge is 0.457 e. The Balaban J connectivity index is 0.000000189. The normalized spacial score (nSPS) is 13.8. The molecule has 7 aromatic rings. The fourth-order valence-corrected chi connectivity index (χ4v) is 8.82. The second-order valence-electron chi connectivity index (χ2n) is 21.2. The van der Waals surface area contributed by atoms with Crippen LogP contribution in [0.3, 0.4) is 0 Å². The fourth-order valence-electron chi connectivity index (χ4n) is 8.07. The Morgan fingerprint density at radius 1 is 0.560 bits per heavy atom. The van der Waals surface area contributed by atoms with Crippen molar-refractivity contribution in [2.24, 2.45) is 0 Å². The number of nitro groups is 1. The second kappa shape index (κ2) is 29.8. The molecule has 0 aliphatic carbocycles. The zero-order valence-corrected chi connectivity index (χ0v) is 50.0. The number of amides is 1. The number of benzene rings is 5. The molecule has 0 radical (unpaired) electrons. The molecule has 0 atom stereocenters. The van der Waals surface area contributed by atoms with Crippen LogP contribution in [0.4, 0.5) is 15.3 Å². The number of esters is 2. The molecule has 1 N–H and O–H groups in total. The summed E-state index contributed by atoms with van der Waals surface area (Å²) in [6.45, 7) is 14.5. The Bertz CT molecular complexity index is 3350. The van der Waals surface area contributed by atoms with Crippen molar-refractivity contribution in [3.8, 4) is 28.7 Å². The summed E-state index contributed by atoms with van der Waals surface area (Å²) in [6, 6.07) is 33.0. The second-order valence-corrected chi connectivity index (χ2v) is 22.9. The van der Waals surface area contributed by atoms with E-state index in [1.54, 1.807) is 95.0 Å². The van der Waals surface area contributed by atoms with Crippen LogP contribution in [0.15, 0.2) is 134 Å². The summed E-state index contributed by atoms with van der Waals surface area (Å²) in [5.74, 6) is 1.58. The predicted octanol–water partition coefficient (Wildman–Crippen LogP) is 14.4. The Morgan fingerprint density at radius 2 is 0.988 bits per heavy atom. The number of ether oxygens (including phenoxy) is 7.